The molecule has 0 unspecified atom stereocenters. The van der Waals surface area contributed by atoms with Crippen LogP contribution in [0.2, 0.25) is 0 Å². The topological polar surface area (TPSA) is 56.7 Å². The molecule has 1 aromatic heterocycles. The Bertz CT molecular complexity index is 572. The van der Waals surface area contributed by atoms with Crippen molar-refractivity contribution in [2.24, 2.45) is 0 Å². The molecule has 1 heterocycles. The highest BCUT2D eigenvalue weighted by atomic mass is 32.2. The van der Waals surface area contributed by atoms with Crippen LogP contribution in [-0.2, 0) is 0 Å². The van der Waals surface area contributed by atoms with Gasteiger partial charge >= 0.3 is 0 Å². The third-order valence-electron chi connectivity index (χ3n) is 3.02. The van der Waals surface area contributed by atoms with E-state index in [1.807, 2.05) is 18.2 Å². The minimum atomic E-state index is 0.524. The van der Waals surface area contributed by atoms with E-state index >= 15 is 0 Å². The Labute approximate surface area is 116 Å². The zero-order chi connectivity index (χ0) is 13.1. The number of thioether (sulfide) groups is 1. The number of nitrogens with two attached hydrogens (primary N) is 1. The minimum absolute atomic E-state index is 0.524. The molecule has 1 saturated carbocycles. The Hall–Kier alpha value is -1.75. The Morgan fingerprint density at radius 1 is 1.26 bits per heavy atom. The van der Waals surface area contributed by atoms with E-state index in [9.17, 15) is 0 Å². The normalized spacial score (nSPS) is 15.2. The van der Waals surface area contributed by atoms with Gasteiger partial charge < -0.3 is 5.73 Å². The lowest BCUT2D eigenvalue weighted by molar-refractivity contribution is 0.672. The van der Waals surface area contributed by atoms with Crippen molar-refractivity contribution in [1.82, 2.24) is 14.8 Å². The Morgan fingerprint density at radius 3 is 2.79 bits per heavy atom. The van der Waals surface area contributed by atoms with Crippen LogP contribution in [-0.4, -0.2) is 20.5 Å². The maximum Gasteiger partial charge on any atom is 0.222 e. The molecule has 0 spiro atoms. The quantitative estimate of drug-likeness (QED) is 0.850. The van der Waals surface area contributed by atoms with Gasteiger partial charge in [0, 0.05) is 11.8 Å². The van der Waals surface area contributed by atoms with Crippen LogP contribution in [0, 0.1) is 0 Å². The highest BCUT2D eigenvalue weighted by Crippen LogP contribution is 2.39. The molecular formula is C14H16N4S. The molecule has 1 aromatic carbocycles. The molecule has 2 N–H and O–H groups in total. The molecule has 3 rings (SSSR count). The van der Waals surface area contributed by atoms with Crippen LogP contribution in [0.25, 0.3) is 6.08 Å². The molecule has 19 heavy (non-hydrogen) atoms. The van der Waals surface area contributed by atoms with Gasteiger partial charge in [-0.15, -0.1) is 10.2 Å². The number of hydrogen-bond donors (Lipinski definition) is 1. The van der Waals surface area contributed by atoms with Gasteiger partial charge in [-0.2, -0.15) is 0 Å². The molecule has 0 amide bonds. The number of nitrogen functional groups attached to an aromatic ring is 1. The van der Waals surface area contributed by atoms with Gasteiger partial charge in [0.2, 0.25) is 5.95 Å². The summed E-state index contributed by atoms with van der Waals surface area (Å²) in [5.74, 6) is 1.41. The van der Waals surface area contributed by atoms with Crippen LogP contribution in [0.3, 0.4) is 0 Å². The zero-order valence-electron chi connectivity index (χ0n) is 10.6. The third-order valence-corrected chi connectivity index (χ3v) is 3.92. The number of hydrogen-bond acceptors (Lipinski definition) is 4. The summed E-state index contributed by atoms with van der Waals surface area (Å²) >= 11 is 1.68. The largest absolute Gasteiger partial charge is 0.368 e. The van der Waals surface area contributed by atoms with Crippen molar-refractivity contribution in [3.8, 4) is 0 Å². The Kier molecular flexibility index (Phi) is 3.55. The smallest absolute Gasteiger partial charge is 0.222 e. The molecule has 1 fully saturated rings. The zero-order valence-corrected chi connectivity index (χ0v) is 11.4. The lowest BCUT2D eigenvalue weighted by Gasteiger charge is -2.04. The summed E-state index contributed by atoms with van der Waals surface area (Å²) in [5.41, 5.74) is 7.05. The lowest BCUT2D eigenvalue weighted by Crippen LogP contribution is -2.02. The first-order valence-electron chi connectivity index (χ1n) is 6.39. The fraction of sp³-hybridized carbons (Fsp3) is 0.286. The number of benzene rings is 1. The number of rotatable bonds is 5. The molecule has 1 aliphatic rings. The van der Waals surface area contributed by atoms with Crippen LogP contribution in [0.15, 0.2) is 41.6 Å². The minimum Gasteiger partial charge on any atom is -0.368 e. The summed E-state index contributed by atoms with van der Waals surface area (Å²) < 4.78 is 2.06. The van der Waals surface area contributed by atoms with Crippen LogP contribution < -0.4 is 5.73 Å². The lowest BCUT2D eigenvalue weighted by atomic mass is 10.2. The fourth-order valence-corrected chi connectivity index (χ4v) is 2.76. The van der Waals surface area contributed by atoms with Gasteiger partial charge in [-0.3, -0.25) is 4.57 Å². The van der Waals surface area contributed by atoms with Gasteiger partial charge in [-0.1, -0.05) is 54.2 Å². The van der Waals surface area contributed by atoms with Crippen molar-refractivity contribution in [3.05, 3.63) is 42.0 Å². The average molecular weight is 272 g/mol. The Morgan fingerprint density at radius 2 is 2.05 bits per heavy atom. The van der Waals surface area contributed by atoms with Crippen molar-refractivity contribution in [2.45, 2.75) is 24.0 Å². The van der Waals surface area contributed by atoms with Crippen molar-refractivity contribution in [1.29, 1.82) is 0 Å². The number of nitrogens with zero attached hydrogens (tertiary/aromatic N) is 3. The summed E-state index contributed by atoms with van der Waals surface area (Å²) in [6.45, 7) is 0. The Balaban J connectivity index is 1.59. The van der Waals surface area contributed by atoms with Crippen molar-refractivity contribution in [3.63, 3.8) is 0 Å². The van der Waals surface area contributed by atoms with Gasteiger partial charge in [0.05, 0.1) is 0 Å². The second-order valence-corrected chi connectivity index (χ2v) is 5.55. The molecule has 0 atom stereocenters. The van der Waals surface area contributed by atoms with Crippen molar-refractivity contribution < 1.29 is 0 Å². The maximum atomic E-state index is 5.84. The predicted molar refractivity (Wildman–Crippen MR) is 78.9 cm³/mol. The van der Waals surface area contributed by atoms with E-state index in [-0.39, 0.29) is 0 Å². The fourth-order valence-electron chi connectivity index (χ4n) is 1.93. The van der Waals surface area contributed by atoms with E-state index in [0.29, 0.717) is 12.0 Å². The number of aromatic nitrogens is 3. The molecule has 98 valence electrons. The van der Waals surface area contributed by atoms with Crippen molar-refractivity contribution >= 4 is 23.8 Å². The summed E-state index contributed by atoms with van der Waals surface area (Å²) in [5, 5.41) is 9.03. The van der Waals surface area contributed by atoms with E-state index < -0.39 is 0 Å². The van der Waals surface area contributed by atoms with Gasteiger partial charge in [-0.25, -0.2) is 0 Å². The highest BCUT2D eigenvalue weighted by Gasteiger charge is 2.28. The molecule has 0 radical (unpaired) electrons. The average Bonchev–Trinajstić information content (AvgIpc) is 3.20. The third kappa shape index (κ3) is 2.98. The summed E-state index contributed by atoms with van der Waals surface area (Å²) in [7, 11) is 0. The van der Waals surface area contributed by atoms with Crippen molar-refractivity contribution in [2.75, 3.05) is 11.5 Å². The molecule has 0 aliphatic heterocycles. The van der Waals surface area contributed by atoms with Gasteiger partial charge in [0.1, 0.15) is 0 Å². The van der Waals surface area contributed by atoms with Gasteiger partial charge in [0.25, 0.3) is 0 Å². The van der Waals surface area contributed by atoms with Gasteiger partial charge in [-0.05, 0) is 18.4 Å². The van der Waals surface area contributed by atoms with Crippen LogP contribution in [0.5, 0.6) is 0 Å². The van der Waals surface area contributed by atoms with E-state index in [2.05, 4.69) is 39.0 Å². The molecule has 4 nitrogen and oxygen atoms in total. The number of anilines is 1. The molecule has 0 saturated heterocycles. The van der Waals surface area contributed by atoms with E-state index in [1.165, 1.54) is 18.4 Å². The second-order valence-electron chi connectivity index (χ2n) is 4.57. The molecule has 5 heteroatoms. The van der Waals surface area contributed by atoms with E-state index in [0.717, 1.165) is 10.9 Å². The summed E-state index contributed by atoms with van der Waals surface area (Å²) in [4.78, 5) is 0. The monoisotopic (exact) mass is 272 g/mol. The standard InChI is InChI=1S/C14H16N4S/c15-13-16-17-14(18(13)12-8-9-12)19-10-4-7-11-5-2-1-3-6-11/h1-7,12H,8-10H2,(H2,15,16)/b7-4+. The molecule has 0 bridgehead atoms. The first-order chi connectivity index (χ1) is 9.34. The molecule has 1 aliphatic carbocycles. The first-order valence-corrected chi connectivity index (χ1v) is 7.38. The van der Waals surface area contributed by atoms with E-state index in [1.54, 1.807) is 11.8 Å². The predicted octanol–water partition coefficient (Wildman–Crippen LogP) is 3.00. The molecular weight excluding hydrogens is 256 g/mol. The summed E-state index contributed by atoms with van der Waals surface area (Å²) in [6, 6.07) is 10.8. The van der Waals surface area contributed by atoms with Crippen LogP contribution in [0.4, 0.5) is 5.95 Å². The maximum absolute atomic E-state index is 5.84. The highest BCUT2D eigenvalue weighted by molar-refractivity contribution is 7.99. The van der Waals surface area contributed by atoms with Crippen LogP contribution in [0.1, 0.15) is 24.4 Å². The first kappa shape index (κ1) is 12.3. The van der Waals surface area contributed by atoms with E-state index in [4.69, 9.17) is 5.73 Å². The second kappa shape index (κ2) is 5.48. The SMILES string of the molecule is Nc1nnc(SC/C=C/c2ccccc2)n1C1CC1. The van der Waals surface area contributed by atoms with Gasteiger partial charge in [0.15, 0.2) is 5.16 Å². The van der Waals surface area contributed by atoms with Crippen LogP contribution >= 0.6 is 11.8 Å². The summed E-state index contributed by atoms with van der Waals surface area (Å²) in [6.07, 6.45) is 6.64. The molecule has 2 aromatic rings.